The second kappa shape index (κ2) is 6.73. The third kappa shape index (κ3) is 3.71. The molecule has 1 aromatic heterocycles. The molecule has 1 heterocycles. The van der Waals surface area contributed by atoms with Crippen LogP contribution in [0.1, 0.15) is 17.0 Å². The molecule has 0 saturated heterocycles. The van der Waals surface area contributed by atoms with Crippen molar-refractivity contribution in [1.29, 1.82) is 5.26 Å². The zero-order valence-electron chi connectivity index (χ0n) is 12.2. The molecule has 5 heteroatoms. The van der Waals surface area contributed by atoms with Crippen molar-refractivity contribution in [3.63, 3.8) is 0 Å². The Morgan fingerprint density at radius 3 is 2.62 bits per heavy atom. The highest BCUT2D eigenvalue weighted by Gasteiger charge is 2.08. The molecular weight excluding hydrogens is 264 g/mol. The SMILES string of the molecule is Cc1cc(Nc2ccc(OCCN)cc2)c(C#N)c(C)n1. The van der Waals surface area contributed by atoms with E-state index in [1.54, 1.807) is 0 Å². The number of nitrogens with two attached hydrogens (primary N) is 1. The molecule has 0 unspecified atom stereocenters. The van der Waals surface area contributed by atoms with Gasteiger partial charge in [-0.05, 0) is 44.2 Å². The van der Waals surface area contributed by atoms with Crippen molar-refractivity contribution in [2.45, 2.75) is 13.8 Å². The highest BCUT2D eigenvalue weighted by atomic mass is 16.5. The lowest BCUT2D eigenvalue weighted by molar-refractivity contribution is 0.328. The van der Waals surface area contributed by atoms with Gasteiger partial charge in [0.2, 0.25) is 0 Å². The molecule has 0 aliphatic carbocycles. The molecule has 0 saturated carbocycles. The molecule has 0 bridgehead atoms. The first-order chi connectivity index (χ1) is 10.1. The number of aromatic nitrogens is 1. The van der Waals surface area contributed by atoms with Gasteiger partial charge in [0.1, 0.15) is 18.4 Å². The summed E-state index contributed by atoms with van der Waals surface area (Å²) in [7, 11) is 0. The maximum Gasteiger partial charge on any atom is 0.119 e. The monoisotopic (exact) mass is 282 g/mol. The first kappa shape index (κ1) is 14.8. The molecule has 0 aliphatic heterocycles. The van der Waals surface area contributed by atoms with Gasteiger partial charge in [-0.1, -0.05) is 0 Å². The minimum absolute atomic E-state index is 0.487. The summed E-state index contributed by atoms with van der Waals surface area (Å²) < 4.78 is 5.43. The first-order valence-corrected chi connectivity index (χ1v) is 6.72. The van der Waals surface area contributed by atoms with E-state index >= 15 is 0 Å². The Labute approximate surface area is 124 Å². The summed E-state index contributed by atoms with van der Waals surface area (Å²) in [6.45, 7) is 4.72. The third-order valence-corrected chi connectivity index (χ3v) is 2.96. The summed E-state index contributed by atoms with van der Waals surface area (Å²) in [4.78, 5) is 4.30. The Bertz CT molecular complexity index is 659. The molecule has 2 aromatic rings. The van der Waals surface area contributed by atoms with Crippen molar-refractivity contribution in [3.05, 3.63) is 47.3 Å². The zero-order chi connectivity index (χ0) is 15.2. The summed E-state index contributed by atoms with van der Waals surface area (Å²) in [6.07, 6.45) is 0. The largest absolute Gasteiger partial charge is 0.492 e. The highest BCUT2D eigenvalue weighted by molar-refractivity contribution is 5.68. The number of benzene rings is 1. The lowest BCUT2D eigenvalue weighted by Crippen LogP contribution is -2.10. The molecule has 0 radical (unpaired) electrons. The minimum atomic E-state index is 0.487. The van der Waals surface area contributed by atoms with Crippen LogP contribution in [-0.2, 0) is 0 Å². The number of anilines is 2. The van der Waals surface area contributed by atoms with E-state index in [9.17, 15) is 5.26 Å². The van der Waals surface area contributed by atoms with Crippen LogP contribution < -0.4 is 15.8 Å². The molecule has 1 aromatic carbocycles. The van der Waals surface area contributed by atoms with Crippen LogP contribution >= 0.6 is 0 Å². The number of nitriles is 1. The molecule has 0 atom stereocenters. The van der Waals surface area contributed by atoms with Crippen LogP contribution in [0, 0.1) is 25.2 Å². The number of rotatable bonds is 5. The molecule has 5 nitrogen and oxygen atoms in total. The number of nitrogens with one attached hydrogen (secondary N) is 1. The van der Waals surface area contributed by atoms with E-state index in [2.05, 4.69) is 16.4 Å². The van der Waals surface area contributed by atoms with Gasteiger partial charge in [0.05, 0.1) is 16.9 Å². The van der Waals surface area contributed by atoms with Crippen molar-refractivity contribution in [1.82, 2.24) is 4.98 Å². The third-order valence-electron chi connectivity index (χ3n) is 2.96. The maximum absolute atomic E-state index is 9.25. The van der Waals surface area contributed by atoms with Crippen LogP contribution in [0.15, 0.2) is 30.3 Å². The number of hydrogen-bond donors (Lipinski definition) is 2. The van der Waals surface area contributed by atoms with Crippen LogP contribution in [0.5, 0.6) is 5.75 Å². The molecule has 0 fully saturated rings. The number of hydrogen-bond acceptors (Lipinski definition) is 5. The maximum atomic E-state index is 9.25. The number of aryl methyl sites for hydroxylation is 2. The molecule has 0 spiro atoms. The molecule has 3 N–H and O–H groups in total. The van der Waals surface area contributed by atoms with E-state index in [0.717, 1.165) is 28.5 Å². The predicted octanol–water partition coefficient (Wildman–Crippen LogP) is 2.65. The Morgan fingerprint density at radius 2 is 2.00 bits per heavy atom. The Kier molecular flexibility index (Phi) is 4.75. The molecular formula is C16H18N4O. The second-order valence-corrected chi connectivity index (χ2v) is 4.67. The summed E-state index contributed by atoms with van der Waals surface area (Å²) >= 11 is 0. The zero-order valence-corrected chi connectivity index (χ0v) is 12.2. The summed E-state index contributed by atoms with van der Waals surface area (Å²) in [5.74, 6) is 0.772. The summed E-state index contributed by atoms with van der Waals surface area (Å²) in [6, 6.07) is 11.6. The van der Waals surface area contributed by atoms with Crippen molar-refractivity contribution in [2.75, 3.05) is 18.5 Å². The Morgan fingerprint density at radius 1 is 1.29 bits per heavy atom. The molecule has 0 amide bonds. The van der Waals surface area contributed by atoms with E-state index in [1.807, 2.05) is 44.2 Å². The minimum Gasteiger partial charge on any atom is -0.492 e. The summed E-state index contributed by atoms with van der Waals surface area (Å²) in [5, 5.41) is 12.5. The van der Waals surface area contributed by atoms with E-state index in [4.69, 9.17) is 10.5 Å². The summed E-state index contributed by atoms with van der Waals surface area (Å²) in [5.41, 5.74) is 9.20. The average Bonchev–Trinajstić information content (AvgIpc) is 2.46. The average molecular weight is 282 g/mol. The van der Waals surface area contributed by atoms with Crippen molar-refractivity contribution in [3.8, 4) is 11.8 Å². The van der Waals surface area contributed by atoms with E-state index in [0.29, 0.717) is 18.7 Å². The van der Waals surface area contributed by atoms with Crippen LogP contribution in [0.25, 0.3) is 0 Å². The standard InChI is InChI=1S/C16H18N4O/c1-11-9-16(15(10-18)12(2)19-11)20-13-3-5-14(6-4-13)21-8-7-17/h3-6,9H,7-8,17H2,1-2H3,(H,19,20). The number of nitrogens with zero attached hydrogens (tertiary/aromatic N) is 2. The number of ether oxygens (including phenoxy) is 1. The van der Waals surface area contributed by atoms with Crippen LogP contribution in [0.4, 0.5) is 11.4 Å². The van der Waals surface area contributed by atoms with E-state index in [-0.39, 0.29) is 0 Å². The first-order valence-electron chi connectivity index (χ1n) is 6.72. The van der Waals surface area contributed by atoms with E-state index < -0.39 is 0 Å². The smallest absolute Gasteiger partial charge is 0.119 e. The fourth-order valence-corrected chi connectivity index (χ4v) is 2.04. The van der Waals surface area contributed by atoms with E-state index in [1.165, 1.54) is 0 Å². The lowest BCUT2D eigenvalue weighted by Gasteiger charge is -2.11. The van der Waals surface area contributed by atoms with Crippen LogP contribution in [0.3, 0.4) is 0 Å². The van der Waals surface area contributed by atoms with Gasteiger partial charge in [0, 0.05) is 17.9 Å². The molecule has 2 rings (SSSR count). The van der Waals surface area contributed by atoms with Crippen LogP contribution in [-0.4, -0.2) is 18.1 Å². The van der Waals surface area contributed by atoms with Gasteiger partial charge in [-0.3, -0.25) is 4.98 Å². The van der Waals surface area contributed by atoms with Crippen molar-refractivity contribution in [2.24, 2.45) is 5.73 Å². The van der Waals surface area contributed by atoms with Gasteiger partial charge in [-0.15, -0.1) is 0 Å². The number of pyridine rings is 1. The predicted molar refractivity (Wildman–Crippen MR) is 82.7 cm³/mol. The Hall–Kier alpha value is -2.58. The normalized spacial score (nSPS) is 10.0. The van der Waals surface area contributed by atoms with Gasteiger partial charge >= 0.3 is 0 Å². The van der Waals surface area contributed by atoms with Gasteiger partial charge in [-0.25, -0.2) is 0 Å². The van der Waals surface area contributed by atoms with Crippen molar-refractivity contribution < 1.29 is 4.74 Å². The quantitative estimate of drug-likeness (QED) is 0.880. The molecule has 0 aliphatic rings. The van der Waals surface area contributed by atoms with Gasteiger partial charge < -0.3 is 15.8 Å². The fraction of sp³-hybridized carbons (Fsp3) is 0.250. The van der Waals surface area contributed by atoms with Gasteiger partial charge in [0.25, 0.3) is 0 Å². The lowest BCUT2D eigenvalue weighted by atomic mass is 10.1. The fourth-order valence-electron chi connectivity index (χ4n) is 2.04. The molecule has 108 valence electrons. The van der Waals surface area contributed by atoms with Crippen LogP contribution in [0.2, 0.25) is 0 Å². The van der Waals surface area contributed by atoms with Crippen molar-refractivity contribution >= 4 is 11.4 Å². The highest BCUT2D eigenvalue weighted by Crippen LogP contribution is 2.24. The second-order valence-electron chi connectivity index (χ2n) is 4.67. The molecule has 21 heavy (non-hydrogen) atoms. The Balaban J connectivity index is 2.20. The van der Waals surface area contributed by atoms with Gasteiger partial charge in [0.15, 0.2) is 0 Å². The topological polar surface area (TPSA) is 84.0 Å². The van der Waals surface area contributed by atoms with Gasteiger partial charge in [-0.2, -0.15) is 5.26 Å².